The number of likely N-dealkylation sites (tertiary alicyclic amines) is 1. The number of rotatable bonds is 2. The Bertz CT molecular complexity index is 431. The number of nitrogens with one attached hydrogen (secondary N) is 1. The van der Waals surface area contributed by atoms with Crippen LogP contribution >= 0.6 is 15.9 Å². The summed E-state index contributed by atoms with van der Waals surface area (Å²) in [5, 5.41) is 12.8. The van der Waals surface area contributed by atoms with Crippen molar-refractivity contribution in [3.8, 4) is 6.07 Å². The third-order valence-corrected chi connectivity index (χ3v) is 3.99. The van der Waals surface area contributed by atoms with Crippen LogP contribution in [0.15, 0.2) is 28.7 Å². The normalized spacial score (nSPS) is 19.6. The van der Waals surface area contributed by atoms with Gasteiger partial charge in [-0.1, -0.05) is 12.1 Å². The van der Waals surface area contributed by atoms with E-state index in [1.165, 1.54) is 0 Å². The van der Waals surface area contributed by atoms with Gasteiger partial charge in [0.15, 0.2) is 0 Å². The van der Waals surface area contributed by atoms with E-state index in [-0.39, 0.29) is 0 Å². The third kappa shape index (κ3) is 2.80. The number of hydrogen-bond acceptors (Lipinski definition) is 3. The maximum Gasteiger partial charge on any atom is 0.127 e. The van der Waals surface area contributed by atoms with Crippen LogP contribution in [0.4, 0.5) is 5.69 Å². The van der Waals surface area contributed by atoms with Crippen LogP contribution in [0.3, 0.4) is 0 Å². The fraction of sp³-hybridized carbons (Fsp3) is 0.462. The Morgan fingerprint density at radius 3 is 2.59 bits per heavy atom. The Balaban J connectivity index is 2.16. The Morgan fingerprint density at radius 2 is 2.00 bits per heavy atom. The van der Waals surface area contributed by atoms with Crippen LogP contribution in [-0.4, -0.2) is 30.6 Å². The zero-order valence-electron chi connectivity index (χ0n) is 9.91. The average molecular weight is 294 g/mol. The van der Waals surface area contributed by atoms with E-state index in [0.717, 1.165) is 36.1 Å². The Morgan fingerprint density at radius 1 is 1.35 bits per heavy atom. The largest absolute Gasteiger partial charge is 0.366 e. The number of nitriles is 1. The molecule has 1 N–H and O–H groups in total. The number of para-hydroxylation sites is 1. The number of anilines is 1. The molecule has 0 aromatic heterocycles. The minimum atomic E-state index is -0.420. The van der Waals surface area contributed by atoms with E-state index in [9.17, 15) is 5.26 Å². The summed E-state index contributed by atoms with van der Waals surface area (Å²) in [6.45, 7) is 1.93. The first-order chi connectivity index (χ1) is 8.15. The van der Waals surface area contributed by atoms with Crippen molar-refractivity contribution in [1.29, 1.82) is 5.26 Å². The molecule has 1 aliphatic heterocycles. The molecule has 0 saturated carbocycles. The van der Waals surface area contributed by atoms with Gasteiger partial charge in [0.2, 0.25) is 0 Å². The monoisotopic (exact) mass is 293 g/mol. The second-order valence-electron chi connectivity index (χ2n) is 4.60. The predicted molar refractivity (Wildman–Crippen MR) is 72.8 cm³/mol. The highest BCUT2D eigenvalue weighted by Crippen LogP contribution is 2.30. The maximum atomic E-state index is 9.43. The van der Waals surface area contributed by atoms with Crippen molar-refractivity contribution in [2.75, 3.05) is 25.5 Å². The summed E-state index contributed by atoms with van der Waals surface area (Å²) in [6, 6.07) is 10.4. The van der Waals surface area contributed by atoms with Gasteiger partial charge in [-0.25, -0.2) is 0 Å². The van der Waals surface area contributed by atoms with Crippen molar-refractivity contribution >= 4 is 21.6 Å². The average Bonchev–Trinajstić information content (AvgIpc) is 2.35. The summed E-state index contributed by atoms with van der Waals surface area (Å²) in [5.41, 5.74) is 0.578. The van der Waals surface area contributed by atoms with Crippen LogP contribution in [0.2, 0.25) is 0 Å². The molecule has 4 heteroatoms. The molecule has 17 heavy (non-hydrogen) atoms. The molecule has 1 fully saturated rings. The van der Waals surface area contributed by atoms with Gasteiger partial charge in [0.05, 0.1) is 6.07 Å². The van der Waals surface area contributed by atoms with E-state index < -0.39 is 5.54 Å². The van der Waals surface area contributed by atoms with Crippen LogP contribution in [0.5, 0.6) is 0 Å². The van der Waals surface area contributed by atoms with Gasteiger partial charge in [0.1, 0.15) is 5.54 Å². The Kier molecular flexibility index (Phi) is 3.70. The predicted octanol–water partition coefficient (Wildman–Crippen LogP) is 2.85. The molecule has 1 aliphatic rings. The summed E-state index contributed by atoms with van der Waals surface area (Å²) in [4.78, 5) is 2.26. The molecule has 0 aliphatic carbocycles. The molecule has 0 atom stereocenters. The first-order valence-corrected chi connectivity index (χ1v) is 6.57. The quantitative estimate of drug-likeness (QED) is 0.911. The number of benzene rings is 1. The topological polar surface area (TPSA) is 39.1 Å². The fourth-order valence-corrected chi connectivity index (χ4v) is 2.47. The fourth-order valence-electron chi connectivity index (χ4n) is 2.09. The van der Waals surface area contributed by atoms with Crippen LogP contribution in [0.1, 0.15) is 12.8 Å². The highest BCUT2D eigenvalue weighted by atomic mass is 79.9. The van der Waals surface area contributed by atoms with E-state index in [4.69, 9.17) is 0 Å². The molecule has 0 radical (unpaired) electrons. The van der Waals surface area contributed by atoms with Crippen molar-refractivity contribution in [2.45, 2.75) is 18.4 Å². The number of nitrogens with zero attached hydrogens (tertiary/aromatic N) is 2. The lowest BCUT2D eigenvalue weighted by Gasteiger charge is -2.36. The lowest BCUT2D eigenvalue weighted by Crippen LogP contribution is -2.47. The molecule has 3 nitrogen and oxygen atoms in total. The number of halogens is 1. The number of piperidine rings is 1. The van der Waals surface area contributed by atoms with Gasteiger partial charge in [-0.3, -0.25) is 0 Å². The van der Waals surface area contributed by atoms with E-state index in [0.29, 0.717) is 0 Å². The lowest BCUT2D eigenvalue weighted by molar-refractivity contribution is 0.235. The van der Waals surface area contributed by atoms with Gasteiger partial charge >= 0.3 is 0 Å². The SMILES string of the molecule is CN1CCC(C#N)(Nc2ccccc2Br)CC1. The summed E-state index contributed by atoms with van der Waals surface area (Å²) in [6.07, 6.45) is 1.72. The summed E-state index contributed by atoms with van der Waals surface area (Å²) < 4.78 is 1.01. The molecular weight excluding hydrogens is 278 g/mol. The Hall–Kier alpha value is -1.05. The third-order valence-electron chi connectivity index (χ3n) is 3.30. The van der Waals surface area contributed by atoms with E-state index in [2.05, 4.69) is 39.3 Å². The zero-order chi connectivity index (χ0) is 12.3. The van der Waals surface area contributed by atoms with Gasteiger partial charge in [0, 0.05) is 23.2 Å². The molecular formula is C13H16BrN3. The molecule has 1 heterocycles. The van der Waals surface area contributed by atoms with Gasteiger partial charge in [0.25, 0.3) is 0 Å². The van der Waals surface area contributed by atoms with Crippen LogP contribution in [0, 0.1) is 11.3 Å². The van der Waals surface area contributed by atoms with Crippen molar-refractivity contribution in [3.63, 3.8) is 0 Å². The minimum Gasteiger partial charge on any atom is -0.366 e. The highest BCUT2D eigenvalue weighted by Gasteiger charge is 2.33. The molecule has 90 valence electrons. The van der Waals surface area contributed by atoms with Gasteiger partial charge in [-0.15, -0.1) is 0 Å². The molecule has 0 unspecified atom stereocenters. The maximum absolute atomic E-state index is 9.43. The first kappa shape index (κ1) is 12.4. The van der Waals surface area contributed by atoms with Crippen molar-refractivity contribution in [3.05, 3.63) is 28.7 Å². The zero-order valence-corrected chi connectivity index (χ0v) is 11.5. The second-order valence-corrected chi connectivity index (χ2v) is 5.46. The van der Waals surface area contributed by atoms with Crippen LogP contribution < -0.4 is 5.32 Å². The lowest BCUT2D eigenvalue weighted by atomic mass is 9.89. The van der Waals surface area contributed by atoms with Gasteiger partial charge in [-0.2, -0.15) is 5.26 Å². The molecule has 0 spiro atoms. The molecule has 1 aromatic carbocycles. The van der Waals surface area contributed by atoms with Crippen LogP contribution in [0.25, 0.3) is 0 Å². The summed E-state index contributed by atoms with van der Waals surface area (Å²) >= 11 is 3.51. The molecule has 2 rings (SSSR count). The minimum absolute atomic E-state index is 0.420. The van der Waals surface area contributed by atoms with Crippen molar-refractivity contribution in [2.24, 2.45) is 0 Å². The Labute approximate surface area is 111 Å². The molecule has 1 aromatic rings. The van der Waals surface area contributed by atoms with Crippen molar-refractivity contribution < 1.29 is 0 Å². The molecule has 0 bridgehead atoms. The second kappa shape index (κ2) is 5.07. The standard InChI is InChI=1S/C13H16BrN3/c1-17-8-6-13(10-15,7-9-17)16-12-5-3-2-4-11(12)14/h2-5,16H,6-9H2,1H3. The molecule has 1 saturated heterocycles. The highest BCUT2D eigenvalue weighted by molar-refractivity contribution is 9.10. The van der Waals surface area contributed by atoms with Crippen molar-refractivity contribution in [1.82, 2.24) is 4.90 Å². The first-order valence-electron chi connectivity index (χ1n) is 5.78. The van der Waals surface area contributed by atoms with E-state index >= 15 is 0 Å². The van der Waals surface area contributed by atoms with E-state index in [1.807, 2.05) is 24.3 Å². The van der Waals surface area contributed by atoms with Gasteiger partial charge < -0.3 is 10.2 Å². The summed E-state index contributed by atoms with van der Waals surface area (Å²) in [7, 11) is 2.10. The van der Waals surface area contributed by atoms with Gasteiger partial charge in [-0.05, 0) is 48.0 Å². The van der Waals surface area contributed by atoms with E-state index in [1.54, 1.807) is 0 Å². The number of hydrogen-bond donors (Lipinski definition) is 1. The molecule has 0 amide bonds. The smallest absolute Gasteiger partial charge is 0.127 e. The van der Waals surface area contributed by atoms with Crippen LogP contribution in [-0.2, 0) is 0 Å². The summed E-state index contributed by atoms with van der Waals surface area (Å²) in [5.74, 6) is 0.